The lowest BCUT2D eigenvalue weighted by molar-refractivity contribution is -0.311. The summed E-state index contributed by atoms with van der Waals surface area (Å²) in [5.41, 5.74) is 0.836. The van der Waals surface area contributed by atoms with E-state index in [0.717, 1.165) is 5.56 Å². The molecule has 86 valence electrons. The van der Waals surface area contributed by atoms with Crippen molar-refractivity contribution in [3.05, 3.63) is 35.9 Å². The number of Topliss-reactive ketones (excluding diaryl/α,β-unsaturated/α-hetero) is 1. The lowest BCUT2D eigenvalue weighted by Gasteiger charge is -2.16. The predicted molar refractivity (Wildman–Crippen MR) is 55.4 cm³/mol. The molecule has 0 aromatic heterocycles. The molecule has 0 unspecified atom stereocenters. The van der Waals surface area contributed by atoms with Crippen LogP contribution in [0.15, 0.2) is 30.3 Å². The summed E-state index contributed by atoms with van der Waals surface area (Å²) in [4.78, 5) is 21.8. The Morgan fingerprint density at radius 2 is 1.88 bits per heavy atom. The Morgan fingerprint density at radius 1 is 1.25 bits per heavy atom. The van der Waals surface area contributed by atoms with Gasteiger partial charge in [-0.15, -0.1) is 0 Å². The molecule has 0 aliphatic carbocycles. The third-order valence-corrected chi connectivity index (χ3v) is 2.31. The first-order chi connectivity index (χ1) is 7.63. The largest absolute Gasteiger partial charge is 0.550 e. The van der Waals surface area contributed by atoms with E-state index in [1.54, 1.807) is 24.3 Å². The monoisotopic (exact) mass is 221 g/mol. The number of ketones is 1. The highest BCUT2D eigenvalue weighted by atomic mass is 16.4. The minimum Gasteiger partial charge on any atom is -0.550 e. The molecule has 1 N–H and O–H groups in total. The second-order valence-electron chi connectivity index (χ2n) is 3.61. The second kappa shape index (κ2) is 6.02. The van der Waals surface area contributed by atoms with Crippen LogP contribution in [0.3, 0.4) is 0 Å². The van der Waals surface area contributed by atoms with Crippen molar-refractivity contribution in [2.75, 3.05) is 6.61 Å². The van der Waals surface area contributed by atoms with Crippen molar-refractivity contribution < 1.29 is 19.8 Å². The van der Waals surface area contributed by atoms with E-state index in [0.29, 0.717) is 0 Å². The summed E-state index contributed by atoms with van der Waals surface area (Å²) in [7, 11) is 0. The van der Waals surface area contributed by atoms with Gasteiger partial charge in [-0.2, -0.15) is 0 Å². The van der Waals surface area contributed by atoms with Gasteiger partial charge in [0.15, 0.2) is 5.78 Å². The van der Waals surface area contributed by atoms with Gasteiger partial charge in [-0.3, -0.25) is 4.79 Å². The second-order valence-corrected chi connectivity index (χ2v) is 3.61. The lowest BCUT2D eigenvalue weighted by Crippen LogP contribution is -2.34. The lowest BCUT2D eigenvalue weighted by atomic mass is 9.94. The van der Waals surface area contributed by atoms with E-state index in [-0.39, 0.29) is 12.8 Å². The van der Waals surface area contributed by atoms with Crippen LogP contribution in [0.4, 0.5) is 0 Å². The average molecular weight is 221 g/mol. The number of aliphatic hydroxyl groups excluding tert-OH is 1. The highest BCUT2D eigenvalue weighted by Gasteiger charge is 2.15. The van der Waals surface area contributed by atoms with Crippen molar-refractivity contribution >= 4 is 11.8 Å². The van der Waals surface area contributed by atoms with E-state index in [1.165, 1.54) is 0 Å². The van der Waals surface area contributed by atoms with Gasteiger partial charge < -0.3 is 15.0 Å². The maximum atomic E-state index is 11.0. The molecule has 4 nitrogen and oxygen atoms in total. The molecule has 0 heterocycles. The molecule has 0 radical (unpaired) electrons. The van der Waals surface area contributed by atoms with Crippen molar-refractivity contribution in [2.24, 2.45) is 5.92 Å². The van der Waals surface area contributed by atoms with Crippen LogP contribution in [0.2, 0.25) is 0 Å². The molecular weight excluding hydrogens is 208 g/mol. The number of benzene rings is 1. The van der Waals surface area contributed by atoms with Crippen LogP contribution in [0.5, 0.6) is 0 Å². The Morgan fingerprint density at radius 3 is 2.38 bits per heavy atom. The van der Waals surface area contributed by atoms with E-state index in [9.17, 15) is 14.7 Å². The third-order valence-electron chi connectivity index (χ3n) is 2.31. The zero-order valence-electron chi connectivity index (χ0n) is 8.76. The van der Waals surface area contributed by atoms with Crippen LogP contribution in [-0.4, -0.2) is 23.5 Å². The summed E-state index contributed by atoms with van der Waals surface area (Å²) < 4.78 is 0. The molecule has 1 aromatic rings. The maximum Gasteiger partial charge on any atom is 0.158 e. The van der Waals surface area contributed by atoms with Crippen molar-refractivity contribution in [1.82, 2.24) is 0 Å². The number of carbonyl (C=O) groups is 2. The molecule has 0 saturated heterocycles. The van der Waals surface area contributed by atoms with Gasteiger partial charge in [0.1, 0.15) is 6.61 Å². The first-order valence-corrected chi connectivity index (χ1v) is 5.01. The summed E-state index contributed by atoms with van der Waals surface area (Å²) in [6.07, 6.45) is 0.0582. The van der Waals surface area contributed by atoms with Crippen molar-refractivity contribution in [3.8, 4) is 0 Å². The first kappa shape index (κ1) is 12.4. The van der Waals surface area contributed by atoms with E-state index in [1.807, 2.05) is 6.07 Å². The number of rotatable bonds is 6. The van der Waals surface area contributed by atoms with Crippen LogP contribution in [0.25, 0.3) is 0 Å². The van der Waals surface area contributed by atoms with Crippen LogP contribution >= 0.6 is 0 Å². The standard InChI is InChI=1S/C12H14O4/c13-8-11(14)7-10(12(15)16)6-9-4-2-1-3-5-9/h1-5,10,13H,6-8H2,(H,15,16)/p-1/t10-/m1/s1. The number of carboxylic acid groups (broad SMARTS) is 1. The zero-order chi connectivity index (χ0) is 12.0. The molecule has 0 aliphatic rings. The van der Waals surface area contributed by atoms with Gasteiger partial charge in [0.2, 0.25) is 0 Å². The minimum atomic E-state index is -1.26. The molecule has 4 heteroatoms. The van der Waals surface area contributed by atoms with Gasteiger partial charge in [0.05, 0.1) is 0 Å². The van der Waals surface area contributed by atoms with E-state index < -0.39 is 24.3 Å². The molecular formula is C12H13O4-. The van der Waals surface area contributed by atoms with Crippen molar-refractivity contribution in [3.63, 3.8) is 0 Å². The fourth-order valence-corrected chi connectivity index (χ4v) is 1.48. The summed E-state index contributed by atoms with van der Waals surface area (Å²) >= 11 is 0. The van der Waals surface area contributed by atoms with E-state index in [4.69, 9.17) is 5.11 Å². The third kappa shape index (κ3) is 3.82. The smallest absolute Gasteiger partial charge is 0.158 e. The predicted octanol–water partition coefficient (Wildman–Crippen LogP) is -0.453. The number of hydrogen-bond acceptors (Lipinski definition) is 4. The molecule has 1 aromatic carbocycles. The van der Waals surface area contributed by atoms with Gasteiger partial charge in [-0.25, -0.2) is 0 Å². The fraction of sp³-hybridized carbons (Fsp3) is 0.333. The van der Waals surface area contributed by atoms with Crippen LogP contribution in [0.1, 0.15) is 12.0 Å². The van der Waals surface area contributed by atoms with Crippen LogP contribution in [0, 0.1) is 5.92 Å². The van der Waals surface area contributed by atoms with Gasteiger partial charge in [0.25, 0.3) is 0 Å². The number of hydrogen-bond donors (Lipinski definition) is 1. The fourth-order valence-electron chi connectivity index (χ4n) is 1.48. The molecule has 0 spiro atoms. The Labute approximate surface area is 93.5 Å². The normalized spacial score (nSPS) is 12.1. The van der Waals surface area contributed by atoms with Crippen molar-refractivity contribution in [2.45, 2.75) is 12.8 Å². The summed E-state index contributed by atoms with van der Waals surface area (Å²) in [6, 6.07) is 9.01. The topological polar surface area (TPSA) is 77.4 Å². The van der Waals surface area contributed by atoms with Gasteiger partial charge >= 0.3 is 0 Å². The molecule has 0 fully saturated rings. The number of aliphatic carboxylic acids is 1. The molecule has 1 atom stereocenters. The SMILES string of the molecule is O=C(CO)C[C@@H](Cc1ccccc1)C(=O)[O-]. The number of aliphatic hydroxyl groups is 1. The maximum absolute atomic E-state index is 11.0. The minimum absolute atomic E-state index is 0.187. The summed E-state index contributed by atoms with van der Waals surface area (Å²) in [5.74, 6) is -2.61. The zero-order valence-corrected chi connectivity index (χ0v) is 8.76. The molecule has 1 rings (SSSR count). The Hall–Kier alpha value is -1.68. The highest BCUT2D eigenvalue weighted by Crippen LogP contribution is 2.12. The summed E-state index contributed by atoms with van der Waals surface area (Å²) in [5, 5.41) is 19.4. The van der Waals surface area contributed by atoms with Gasteiger partial charge in [0, 0.05) is 18.3 Å². The van der Waals surface area contributed by atoms with E-state index in [2.05, 4.69) is 0 Å². The molecule has 16 heavy (non-hydrogen) atoms. The molecule has 0 amide bonds. The van der Waals surface area contributed by atoms with Crippen molar-refractivity contribution in [1.29, 1.82) is 0 Å². The number of carbonyl (C=O) groups excluding carboxylic acids is 2. The van der Waals surface area contributed by atoms with Crippen LogP contribution < -0.4 is 5.11 Å². The molecule has 0 saturated carbocycles. The molecule has 0 aliphatic heterocycles. The first-order valence-electron chi connectivity index (χ1n) is 5.01. The van der Waals surface area contributed by atoms with Gasteiger partial charge in [-0.05, 0) is 12.0 Å². The summed E-state index contributed by atoms with van der Waals surface area (Å²) in [6.45, 7) is -0.626. The van der Waals surface area contributed by atoms with E-state index >= 15 is 0 Å². The Bertz CT molecular complexity index is 359. The molecule has 0 bridgehead atoms. The van der Waals surface area contributed by atoms with Crippen LogP contribution in [-0.2, 0) is 16.0 Å². The number of carboxylic acids is 1. The highest BCUT2D eigenvalue weighted by molar-refractivity contribution is 5.84. The Balaban J connectivity index is 2.65. The van der Waals surface area contributed by atoms with Gasteiger partial charge in [-0.1, -0.05) is 30.3 Å². The Kier molecular flexibility index (Phi) is 4.66. The average Bonchev–Trinajstić information content (AvgIpc) is 2.29. The quantitative estimate of drug-likeness (QED) is 0.705.